The van der Waals surface area contributed by atoms with E-state index in [9.17, 15) is 9.59 Å². The molecule has 1 atom stereocenters. The molecule has 0 bridgehead atoms. The number of rotatable bonds is 4. The van der Waals surface area contributed by atoms with Crippen LogP contribution < -0.4 is 5.32 Å². The monoisotopic (exact) mass is 261 g/mol. The standard InChI is InChI=1S/C13H15N3O3/c1-9(6-7-14)16(2)13(19)15-11-5-3-4-10(8-11)12(17)18/h3-5,8-9H,6H2,1-2H3,(H,15,19)(H,17,18). The SMILES string of the molecule is CC(CC#N)N(C)C(=O)Nc1cccc(C(=O)O)c1. The van der Waals surface area contributed by atoms with Crippen LogP contribution in [0.4, 0.5) is 10.5 Å². The quantitative estimate of drug-likeness (QED) is 0.868. The minimum Gasteiger partial charge on any atom is -0.478 e. The van der Waals surface area contributed by atoms with Crippen molar-refractivity contribution in [3.8, 4) is 6.07 Å². The molecule has 100 valence electrons. The van der Waals surface area contributed by atoms with Crippen molar-refractivity contribution < 1.29 is 14.7 Å². The largest absolute Gasteiger partial charge is 0.478 e. The van der Waals surface area contributed by atoms with E-state index in [1.807, 2.05) is 6.07 Å². The first kappa shape index (κ1) is 14.5. The predicted octanol–water partition coefficient (Wildman–Crippen LogP) is 2.15. The highest BCUT2D eigenvalue weighted by molar-refractivity contribution is 5.93. The number of aromatic carboxylic acids is 1. The molecule has 1 unspecified atom stereocenters. The number of carbonyl (C=O) groups excluding carboxylic acids is 1. The van der Waals surface area contributed by atoms with Gasteiger partial charge in [0, 0.05) is 18.8 Å². The maximum absolute atomic E-state index is 11.9. The number of nitrogens with one attached hydrogen (secondary N) is 1. The van der Waals surface area contributed by atoms with Crippen LogP contribution in [-0.4, -0.2) is 35.1 Å². The van der Waals surface area contributed by atoms with Gasteiger partial charge in [-0.05, 0) is 25.1 Å². The summed E-state index contributed by atoms with van der Waals surface area (Å²) in [5, 5.41) is 20.0. The van der Waals surface area contributed by atoms with E-state index < -0.39 is 5.97 Å². The Morgan fingerprint density at radius 2 is 2.21 bits per heavy atom. The summed E-state index contributed by atoms with van der Waals surface area (Å²) in [5.74, 6) is -1.05. The molecule has 0 aliphatic carbocycles. The first-order chi connectivity index (χ1) is 8.95. The van der Waals surface area contributed by atoms with Crippen molar-refractivity contribution in [3.63, 3.8) is 0 Å². The number of carboxylic acid groups (broad SMARTS) is 1. The van der Waals surface area contributed by atoms with Crippen molar-refractivity contribution >= 4 is 17.7 Å². The lowest BCUT2D eigenvalue weighted by Gasteiger charge is -2.23. The highest BCUT2D eigenvalue weighted by Gasteiger charge is 2.15. The highest BCUT2D eigenvalue weighted by Crippen LogP contribution is 2.12. The van der Waals surface area contributed by atoms with E-state index in [4.69, 9.17) is 10.4 Å². The third-order valence-electron chi connectivity index (χ3n) is 2.73. The molecule has 0 saturated carbocycles. The van der Waals surface area contributed by atoms with Gasteiger partial charge in [0.1, 0.15) is 0 Å². The van der Waals surface area contributed by atoms with Crippen molar-refractivity contribution in [3.05, 3.63) is 29.8 Å². The number of nitrogens with zero attached hydrogens (tertiary/aromatic N) is 2. The van der Waals surface area contributed by atoms with Crippen molar-refractivity contribution in [1.29, 1.82) is 5.26 Å². The minimum atomic E-state index is -1.05. The summed E-state index contributed by atoms with van der Waals surface area (Å²) in [5.41, 5.74) is 0.506. The van der Waals surface area contributed by atoms with Gasteiger partial charge in [-0.2, -0.15) is 5.26 Å². The highest BCUT2D eigenvalue weighted by atomic mass is 16.4. The number of hydrogen-bond donors (Lipinski definition) is 2. The summed E-state index contributed by atoms with van der Waals surface area (Å²) in [6.45, 7) is 1.76. The molecule has 0 aromatic heterocycles. The Morgan fingerprint density at radius 3 is 2.79 bits per heavy atom. The predicted molar refractivity (Wildman–Crippen MR) is 69.9 cm³/mol. The van der Waals surface area contributed by atoms with Gasteiger partial charge in [-0.15, -0.1) is 0 Å². The summed E-state index contributed by atoms with van der Waals surface area (Å²) in [7, 11) is 1.58. The Morgan fingerprint density at radius 1 is 1.53 bits per heavy atom. The van der Waals surface area contributed by atoms with Gasteiger partial charge < -0.3 is 15.3 Å². The zero-order chi connectivity index (χ0) is 14.4. The van der Waals surface area contributed by atoms with Crippen LogP contribution in [-0.2, 0) is 0 Å². The number of amides is 2. The maximum Gasteiger partial charge on any atom is 0.335 e. The Labute approximate surface area is 111 Å². The summed E-state index contributed by atoms with van der Waals surface area (Å²) < 4.78 is 0. The van der Waals surface area contributed by atoms with Gasteiger partial charge in [-0.1, -0.05) is 6.07 Å². The van der Waals surface area contributed by atoms with Gasteiger partial charge in [-0.3, -0.25) is 0 Å². The van der Waals surface area contributed by atoms with Crippen LogP contribution in [0, 0.1) is 11.3 Å². The van der Waals surface area contributed by atoms with E-state index in [1.54, 1.807) is 26.1 Å². The third kappa shape index (κ3) is 4.00. The number of anilines is 1. The molecule has 19 heavy (non-hydrogen) atoms. The molecule has 1 rings (SSSR count). The molecular formula is C13H15N3O3. The van der Waals surface area contributed by atoms with E-state index in [-0.39, 0.29) is 24.1 Å². The molecule has 0 spiro atoms. The van der Waals surface area contributed by atoms with Crippen molar-refractivity contribution in [2.45, 2.75) is 19.4 Å². The second-order valence-electron chi connectivity index (χ2n) is 4.14. The van der Waals surface area contributed by atoms with Gasteiger partial charge in [-0.25, -0.2) is 9.59 Å². The smallest absolute Gasteiger partial charge is 0.335 e. The molecule has 0 heterocycles. The topological polar surface area (TPSA) is 93.4 Å². The molecule has 6 heteroatoms. The fourth-order valence-electron chi connectivity index (χ4n) is 1.41. The van der Waals surface area contributed by atoms with Crippen LogP contribution in [0.25, 0.3) is 0 Å². The lowest BCUT2D eigenvalue weighted by molar-refractivity contribution is 0.0697. The molecule has 0 aliphatic heterocycles. The van der Waals surface area contributed by atoms with E-state index >= 15 is 0 Å². The number of urea groups is 1. The third-order valence-corrected chi connectivity index (χ3v) is 2.73. The number of hydrogen-bond acceptors (Lipinski definition) is 3. The number of benzene rings is 1. The van der Waals surface area contributed by atoms with Gasteiger partial charge >= 0.3 is 12.0 Å². The zero-order valence-electron chi connectivity index (χ0n) is 10.8. The molecule has 2 amide bonds. The summed E-state index contributed by atoms with van der Waals surface area (Å²) in [4.78, 5) is 24.1. The number of carbonyl (C=O) groups is 2. The lowest BCUT2D eigenvalue weighted by Crippen LogP contribution is -2.38. The molecule has 2 N–H and O–H groups in total. The van der Waals surface area contributed by atoms with Gasteiger partial charge in [0.2, 0.25) is 0 Å². The second kappa shape index (κ2) is 6.40. The van der Waals surface area contributed by atoms with Gasteiger partial charge in [0.25, 0.3) is 0 Å². The fourth-order valence-corrected chi connectivity index (χ4v) is 1.41. The Kier molecular flexibility index (Phi) is 4.89. The van der Waals surface area contributed by atoms with Gasteiger partial charge in [0.05, 0.1) is 18.1 Å². The number of nitriles is 1. The molecule has 6 nitrogen and oxygen atoms in total. The first-order valence-corrected chi connectivity index (χ1v) is 5.70. The normalized spacial score (nSPS) is 11.2. The van der Waals surface area contributed by atoms with E-state index in [1.165, 1.54) is 17.0 Å². The molecule has 1 aromatic rings. The molecule has 0 radical (unpaired) electrons. The van der Waals surface area contributed by atoms with Crippen LogP contribution in [0.3, 0.4) is 0 Å². The van der Waals surface area contributed by atoms with E-state index in [0.717, 1.165) is 0 Å². The molecule has 0 saturated heterocycles. The minimum absolute atomic E-state index is 0.102. The average Bonchev–Trinajstić information content (AvgIpc) is 2.38. The Bertz CT molecular complexity index is 522. The zero-order valence-corrected chi connectivity index (χ0v) is 10.8. The maximum atomic E-state index is 11.9. The van der Waals surface area contributed by atoms with Crippen LogP contribution in [0.1, 0.15) is 23.7 Å². The Balaban J connectivity index is 2.74. The van der Waals surface area contributed by atoms with E-state index in [0.29, 0.717) is 5.69 Å². The second-order valence-corrected chi connectivity index (χ2v) is 4.14. The number of carboxylic acids is 1. The van der Waals surface area contributed by atoms with Crippen molar-refractivity contribution in [2.75, 3.05) is 12.4 Å². The molecule has 0 fully saturated rings. The molecular weight excluding hydrogens is 246 g/mol. The van der Waals surface area contributed by atoms with Crippen LogP contribution in [0.15, 0.2) is 24.3 Å². The van der Waals surface area contributed by atoms with Crippen LogP contribution in [0.2, 0.25) is 0 Å². The summed E-state index contributed by atoms with van der Waals surface area (Å²) in [6.07, 6.45) is 0.235. The fraction of sp³-hybridized carbons (Fsp3) is 0.308. The van der Waals surface area contributed by atoms with Crippen molar-refractivity contribution in [1.82, 2.24) is 4.90 Å². The molecule has 0 aliphatic rings. The Hall–Kier alpha value is -2.55. The first-order valence-electron chi connectivity index (χ1n) is 5.70. The average molecular weight is 261 g/mol. The van der Waals surface area contributed by atoms with Gasteiger partial charge in [0.15, 0.2) is 0 Å². The van der Waals surface area contributed by atoms with Crippen LogP contribution in [0.5, 0.6) is 0 Å². The lowest BCUT2D eigenvalue weighted by atomic mass is 10.2. The van der Waals surface area contributed by atoms with Crippen molar-refractivity contribution in [2.24, 2.45) is 0 Å². The van der Waals surface area contributed by atoms with E-state index in [2.05, 4.69) is 5.32 Å². The summed E-state index contributed by atoms with van der Waals surface area (Å²) in [6, 6.07) is 7.37. The molecule has 1 aromatic carbocycles. The van der Waals surface area contributed by atoms with Crippen LogP contribution >= 0.6 is 0 Å². The summed E-state index contributed by atoms with van der Waals surface area (Å²) >= 11 is 0.